The van der Waals surface area contributed by atoms with E-state index in [4.69, 9.17) is 16.7 Å². The van der Waals surface area contributed by atoms with Gasteiger partial charge < -0.3 is 10.4 Å². The summed E-state index contributed by atoms with van der Waals surface area (Å²) in [5.74, 6) is -1.17. The van der Waals surface area contributed by atoms with Crippen LogP contribution in [0.3, 0.4) is 0 Å². The largest absolute Gasteiger partial charge is 0.481 e. The second-order valence-electron chi connectivity index (χ2n) is 4.60. The van der Waals surface area contributed by atoms with Gasteiger partial charge in [0.15, 0.2) is 0 Å². The Labute approximate surface area is 110 Å². The number of halogens is 1. The summed E-state index contributed by atoms with van der Waals surface area (Å²) < 4.78 is 0. The Balaban J connectivity index is 2.01. The number of carboxylic acids is 1. The van der Waals surface area contributed by atoms with Crippen molar-refractivity contribution < 1.29 is 14.7 Å². The summed E-state index contributed by atoms with van der Waals surface area (Å²) >= 11 is 5.90. The van der Waals surface area contributed by atoms with Crippen LogP contribution in [0.2, 0.25) is 5.02 Å². The topological polar surface area (TPSA) is 66.4 Å². The quantitative estimate of drug-likeness (QED) is 0.880. The van der Waals surface area contributed by atoms with Crippen molar-refractivity contribution in [3.63, 3.8) is 0 Å². The number of nitrogens with one attached hydrogen (secondary N) is 1. The molecule has 0 bridgehead atoms. The van der Waals surface area contributed by atoms with Gasteiger partial charge >= 0.3 is 5.97 Å². The van der Waals surface area contributed by atoms with Gasteiger partial charge in [0.2, 0.25) is 0 Å². The van der Waals surface area contributed by atoms with Gasteiger partial charge in [-0.25, -0.2) is 0 Å². The van der Waals surface area contributed by atoms with Crippen molar-refractivity contribution in [2.75, 3.05) is 6.54 Å². The first-order chi connectivity index (χ1) is 8.55. The molecule has 1 fully saturated rings. The minimum absolute atomic E-state index is 0.159. The Kier molecular flexibility index (Phi) is 3.57. The third-order valence-electron chi connectivity index (χ3n) is 3.47. The van der Waals surface area contributed by atoms with Crippen LogP contribution in [-0.2, 0) is 4.79 Å². The summed E-state index contributed by atoms with van der Waals surface area (Å²) in [5, 5.41) is 12.2. The van der Waals surface area contributed by atoms with Gasteiger partial charge in [-0.2, -0.15) is 0 Å². The zero-order valence-corrected chi connectivity index (χ0v) is 10.5. The van der Waals surface area contributed by atoms with Gasteiger partial charge in [-0.05, 0) is 25.0 Å². The third kappa shape index (κ3) is 2.34. The van der Waals surface area contributed by atoms with Crippen LogP contribution in [0.25, 0.3) is 0 Å². The lowest BCUT2D eigenvalue weighted by Crippen LogP contribution is -2.47. The molecule has 96 valence electrons. The minimum Gasteiger partial charge on any atom is -0.481 e. The lowest BCUT2D eigenvalue weighted by Gasteiger charge is -2.37. The van der Waals surface area contributed by atoms with E-state index in [0.29, 0.717) is 23.4 Å². The van der Waals surface area contributed by atoms with Gasteiger partial charge in [0.05, 0.1) is 16.0 Å². The van der Waals surface area contributed by atoms with Crippen molar-refractivity contribution in [2.45, 2.75) is 19.3 Å². The second kappa shape index (κ2) is 4.98. The highest BCUT2D eigenvalue weighted by atomic mass is 35.5. The van der Waals surface area contributed by atoms with Crippen molar-refractivity contribution in [3.05, 3.63) is 34.9 Å². The number of amides is 1. The normalized spacial score (nSPS) is 16.7. The molecule has 5 heteroatoms. The number of carbonyl (C=O) groups excluding carboxylic acids is 1. The lowest BCUT2D eigenvalue weighted by molar-refractivity contribution is -0.153. The van der Waals surface area contributed by atoms with Crippen LogP contribution in [0.1, 0.15) is 29.6 Å². The predicted molar refractivity (Wildman–Crippen MR) is 67.7 cm³/mol. The molecule has 2 N–H and O–H groups in total. The highest BCUT2D eigenvalue weighted by Crippen LogP contribution is 2.40. The van der Waals surface area contributed by atoms with Crippen LogP contribution >= 0.6 is 11.6 Å². The van der Waals surface area contributed by atoms with Gasteiger partial charge in [-0.1, -0.05) is 30.2 Å². The zero-order valence-electron chi connectivity index (χ0n) is 9.78. The number of rotatable bonds is 4. The molecule has 0 atom stereocenters. The molecule has 0 saturated heterocycles. The molecule has 0 spiro atoms. The first-order valence-electron chi connectivity index (χ1n) is 5.81. The molecule has 2 rings (SSSR count). The molecular formula is C13H14ClNO3. The van der Waals surface area contributed by atoms with Gasteiger partial charge in [-0.3, -0.25) is 9.59 Å². The van der Waals surface area contributed by atoms with Gasteiger partial charge in [0.1, 0.15) is 0 Å². The van der Waals surface area contributed by atoms with E-state index in [0.717, 1.165) is 6.42 Å². The fourth-order valence-electron chi connectivity index (χ4n) is 2.06. The fraction of sp³-hybridized carbons (Fsp3) is 0.385. The second-order valence-corrected chi connectivity index (χ2v) is 5.01. The Morgan fingerprint density at radius 1 is 1.33 bits per heavy atom. The van der Waals surface area contributed by atoms with Crippen molar-refractivity contribution >= 4 is 23.5 Å². The Morgan fingerprint density at radius 3 is 2.50 bits per heavy atom. The van der Waals surface area contributed by atoms with Crippen molar-refractivity contribution in [1.29, 1.82) is 0 Å². The maximum absolute atomic E-state index is 11.9. The van der Waals surface area contributed by atoms with Crippen LogP contribution in [0, 0.1) is 5.41 Å². The van der Waals surface area contributed by atoms with Crippen molar-refractivity contribution in [1.82, 2.24) is 5.32 Å². The summed E-state index contributed by atoms with van der Waals surface area (Å²) in [6, 6.07) is 6.71. The summed E-state index contributed by atoms with van der Waals surface area (Å²) in [6.07, 6.45) is 2.13. The summed E-state index contributed by atoms with van der Waals surface area (Å²) in [6.45, 7) is 0.159. The van der Waals surface area contributed by atoms with Crippen LogP contribution in [0.5, 0.6) is 0 Å². The molecule has 1 aromatic carbocycles. The molecule has 1 amide bonds. The fourth-order valence-corrected chi connectivity index (χ4v) is 2.28. The molecular weight excluding hydrogens is 254 g/mol. The number of benzene rings is 1. The Bertz CT molecular complexity index is 483. The highest BCUT2D eigenvalue weighted by molar-refractivity contribution is 6.33. The van der Waals surface area contributed by atoms with Crippen molar-refractivity contribution in [2.24, 2.45) is 5.41 Å². The van der Waals surface area contributed by atoms with Crippen LogP contribution in [-0.4, -0.2) is 23.5 Å². The zero-order chi connectivity index (χ0) is 13.2. The van der Waals surface area contributed by atoms with E-state index in [9.17, 15) is 9.59 Å². The molecule has 0 aromatic heterocycles. The molecule has 0 unspecified atom stereocenters. The molecule has 1 saturated carbocycles. The Morgan fingerprint density at radius 2 is 2.00 bits per heavy atom. The van der Waals surface area contributed by atoms with E-state index >= 15 is 0 Å². The molecule has 1 aliphatic carbocycles. The SMILES string of the molecule is O=C(NCC1(C(=O)O)CCC1)c1ccccc1Cl. The lowest BCUT2D eigenvalue weighted by atomic mass is 9.69. The van der Waals surface area contributed by atoms with Gasteiger partial charge in [0.25, 0.3) is 5.91 Å². The number of carbonyl (C=O) groups is 2. The van der Waals surface area contributed by atoms with Crippen LogP contribution in [0.15, 0.2) is 24.3 Å². The van der Waals surface area contributed by atoms with Crippen LogP contribution < -0.4 is 5.32 Å². The highest BCUT2D eigenvalue weighted by Gasteiger charge is 2.44. The molecule has 4 nitrogen and oxygen atoms in total. The smallest absolute Gasteiger partial charge is 0.311 e. The number of carboxylic acid groups (broad SMARTS) is 1. The number of aliphatic carboxylic acids is 1. The molecule has 1 aliphatic rings. The van der Waals surface area contributed by atoms with Gasteiger partial charge in [-0.15, -0.1) is 0 Å². The predicted octanol–water partition coefficient (Wildman–Crippen LogP) is 2.32. The minimum atomic E-state index is -0.840. The molecule has 1 aromatic rings. The van der Waals surface area contributed by atoms with E-state index in [-0.39, 0.29) is 12.5 Å². The van der Waals surface area contributed by atoms with Gasteiger partial charge in [0, 0.05) is 6.54 Å². The van der Waals surface area contributed by atoms with Crippen molar-refractivity contribution in [3.8, 4) is 0 Å². The number of hydrogen-bond acceptors (Lipinski definition) is 2. The molecule has 18 heavy (non-hydrogen) atoms. The average Bonchev–Trinajstić information content (AvgIpc) is 2.27. The molecule has 0 aliphatic heterocycles. The monoisotopic (exact) mass is 267 g/mol. The maximum atomic E-state index is 11.9. The van der Waals surface area contributed by atoms with E-state index in [2.05, 4.69) is 5.32 Å². The molecule has 0 heterocycles. The van der Waals surface area contributed by atoms with Crippen LogP contribution in [0.4, 0.5) is 0 Å². The summed E-state index contributed by atoms with van der Waals surface area (Å²) in [5.41, 5.74) is -0.407. The number of hydrogen-bond donors (Lipinski definition) is 2. The third-order valence-corrected chi connectivity index (χ3v) is 3.80. The standard InChI is InChI=1S/C13H14ClNO3/c14-10-5-2-1-4-9(10)11(16)15-8-13(12(17)18)6-3-7-13/h1-2,4-5H,3,6-8H2,(H,15,16)(H,17,18). The molecule has 0 radical (unpaired) electrons. The summed E-state index contributed by atoms with van der Waals surface area (Å²) in [7, 11) is 0. The average molecular weight is 268 g/mol. The van der Waals surface area contributed by atoms with E-state index < -0.39 is 11.4 Å². The van der Waals surface area contributed by atoms with E-state index in [1.54, 1.807) is 24.3 Å². The Hall–Kier alpha value is -1.55. The maximum Gasteiger partial charge on any atom is 0.311 e. The van der Waals surface area contributed by atoms with E-state index in [1.807, 2.05) is 0 Å². The van der Waals surface area contributed by atoms with E-state index in [1.165, 1.54) is 0 Å². The summed E-state index contributed by atoms with van der Waals surface area (Å²) in [4.78, 5) is 23.0. The first-order valence-corrected chi connectivity index (χ1v) is 6.19. The first kappa shape index (κ1) is 12.9.